The van der Waals surface area contributed by atoms with E-state index in [1.807, 2.05) is 28.7 Å². The smallest absolute Gasteiger partial charge is 0.143 e. The van der Waals surface area contributed by atoms with E-state index in [4.69, 9.17) is 4.42 Å². The van der Waals surface area contributed by atoms with E-state index in [0.717, 1.165) is 50.1 Å². The molecule has 24 aromatic carbocycles. The maximum Gasteiger partial charge on any atom is 0.143 e. The number of rotatable bonds is 6. The highest BCUT2D eigenvalue weighted by atomic mass is 32.1. The summed E-state index contributed by atoms with van der Waals surface area (Å²) < 4.78 is 19.4. The topological polar surface area (TPSA) is 27.9 Å². The largest absolute Gasteiger partial charge is 0.455 e. The Bertz CT molecular complexity index is 10300. The molecule has 0 saturated carbocycles. The van der Waals surface area contributed by atoms with Gasteiger partial charge in [0.25, 0.3) is 0 Å². The van der Waals surface area contributed by atoms with Crippen LogP contribution in [-0.2, 0) is 0 Å². The minimum atomic E-state index is 0.899. The number of furan rings is 1. The number of aromatic nitrogens is 3. The standard InChI is InChI=1S/C48H29NO.2C48H29NS/c2*1-2-15-32-31(14-1)33-16-3-4-18-35(33)42-28-30(49-44-25-10-7-19-36(44)37-20-8-11-26-45(37)49)29-43(47(42)39-22-6-5-17-34(32)39)41-24-13-23-40-38-21-9-12-27-46(38)50-48(40)41;1-2-14-33-32(13-1)34-15-3-4-17-36(34)43-29-31(49-44-22-10-7-18-37(44)38-19-8-11-23-45(38)49)28-41(48(43)40-21-6-5-16-35(33)40)30-25-26-47-42(27-30)39-20-9-12-24-46(39)50-47/h3*1-29H. The fourth-order valence-corrected chi connectivity index (χ4v) is 27.7. The molecule has 4 nitrogen and oxygen atoms in total. The molecule has 150 heavy (non-hydrogen) atoms. The van der Waals surface area contributed by atoms with Crippen LogP contribution in [0.3, 0.4) is 0 Å². The predicted molar refractivity (Wildman–Crippen MR) is 638 cm³/mol. The fraction of sp³-hybridized carbons (Fsp3) is 0. The number of para-hydroxylation sites is 8. The molecular weight excluding hydrogens is 1850 g/mol. The second-order valence-electron chi connectivity index (χ2n) is 39.6. The van der Waals surface area contributed by atoms with E-state index >= 15 is 0 Å². The van der Waals surface area contributed by atoms with Gasteiger partial charge in [-0.1, -0.05) is 425 Å². The SMILES string of the molecule is c1ccc2c(c1)-c1ccccc1-c1cc(-n3c4ccccc4c4ccccc43)cc(-c3ccc4sc5ccccc5c4c3)c1-c1ccccc1-2.c1ccc2c(c1)-c1ccccc1-c1cc(-n3c4ccccc4c4ccccc43)cc(-c3cccc4c3oc3ccccc34)c1-c1ccccc1-2.c1ccc2c(c1)-c1ccccc1-c1cc(-n3c4ccccc4c4ccccc43)cc(-c3cccc4c3sc3ccccc34)c1-c1ccccc1-2. The lowest BCUT2D eigenvalue weighted by molar-refractivity contribution is 0.670. The summed E-state index contributed by atoms with van der Waals surface area (Å²) in [5.74, 6) is 0. The minimum Gasteiger partial charge on any atom is -0.455 e. The number of benzene rings is 24. The summed E-state index contributed by atoms with van der Waals surface area (Å²) in [6.45, 7) is 0. The highest BCUT2D eigenvalue weighted by Gasteiger charge is 2.34. The summed E-state index contributed by atoms with van der Waals surface area (Å²) in [5, 5.41) is 15.1. The number of nitrogens with zero attached hydrogens (tertiary/aromatic N) is 3. The molecule has 6 heteroatoms. The summed E-state index contributed by atoms with van der Waals surface area (Å²) in [5.41, 5.74) is 49.5. The second kappa shape index (κ2) is 34.3. The van der Waals surface area contributed by atoms with Crippen LogP contribution in [-0.4, -0.2) is 13.7 Å². The average molecular weight is 1940 g/mol. The molecule has 6 aromatic heterocycles. The minimum absolute atomic E-state index is 0.899. The van der Waals surface area contributed by atoms with Gasteiger partial charge in [-0.25, -0.2) is 0 Å². The highest BCUT2D eigenvalue weighted by molar-refractivity contribution is 7.26. The van der Waals surface area contributed by atoms with E-state index in [1.54, 1.807) is 0 Å². The van der Waals surface area contributed by atoms with Gasteiger partial charge in [-0.15, -0.1) is 22.7 Å². The third-order valence-electron chi connectivity index (χ3n) is 31.7. The van der Waals surface area contributed by atoms with Crippen molar-refractivity contribution in [2.75, 3.05) is 0 Å². The molecule has 0 unspecified atom stereocenters. The van der Waals surface area contributed by atoms with Crippen molar-refractivity contribution in [1.82, 2.24) is 13.7 Å². The van der Waals surface area contributed by atoms with E-state index in [1.165, 1.54) is 262 Å². The predicted octanol–water partition coefficient (Wildman–Crippen LogP) is 40.9. The van der Waals surface area contributed by atoms with Gasteiger partial charge in [0.05, 0.1) is 33.1 Å². The first-order chi connectivity index (χ1) is 74.5. The molecule has 0 N–H and O–H groups in total. The molecule has 696 valence electrons. The molecule has 0 amide bonds. The Morgan fingerprint density at radius 2 is 0.373 bits per heavy atom. The number of hydrogen-bond acceptors (Lipinski definition) is 3. The van der Waals surface area contributed by atoms with Crippen molar-refractivity contribution in [1.29, 1.82) is 0 Å². The molecule has 33 rings (SSSR count). The number of hydrogen-bond donors (Lipinski definition) is 0. The molecule has 30 aromatic rings. The maximum absolute atomic E-state index is 6.76. The van der Waals surface area contributed by atoms with Crippen LogP contribution >= 0.6 is 22.7 Å². The number of thiophene rings is 2. The van der Waals surface area contributed by atoms with Crippen molar-refractivity contribution in [2.24, 2.45) is 0 Å². The van der Waals surface area contributed by atoms with Crippen LogP contribution in [0, 0.1) is 0 Å². The highest BCUT2D eigenvalue weighted by Crippen LogP contribution is 2.59. The lowest BCUT2D eigenvalue weighted by Gasteiger charge is -2.26. The van der Waals surface area contributed by atoms with E-state index in [9.17, 15) is 0 Å². The summed E-state index contributed by atoms with van der Waals surface area (Å²) in [6.07, 6.45) is 0. The first-order valence-electron chi connectivity index (χ1n) is 51.6. The van der Waals surface area contributed by atoms with Crippen LogP contribution in [0.4, 0.5) is 0 Å². The van der Waals surface area contributed by atoms with Gasteiger partial charge in [-0.3, -0.25) is 0 Å². The number of fused-ring (bicyclic) bond motifs is 42. The van der Waals surface area contributed by atoms with Crippen molar-refractivity contribution in [3.63, 3.8) is 0 Å². The molecule has 6 heterocycles. The van der Waals surface area contributed by atoms with Crippen LogP contribution in [0.15, 0.2) is 532 Å². The summed E-state index contributed by atoms with van der Waals surface area (Å²) >= 11 is 3.77. The first-order valence-corrected chi connectivity index (χ1v) is 53.2. The van der Waals surface area contributed by atoms with Gasteiger partial charge in [0, 0.05) is 112 Å². The van der Waals surface area contributed by atoms with E-state index in [0.29, 0.717) is 0 Å². The lowest BCUT2D eigenvalue weighted by Crippen LogP contribution is -2.02. The summed E-state index contributed by atoms with van der Waals surface area (Å²) in [4.78, 5) is 0. The summed E-state index contributed by atoms with van der Waals surface area (Å²) in [6, 6.07) is 194. The van der Waals surface area contributed by atoms with E-state index in [2.05, 4.69) is 535 Å². The third kappa shape index (κ3) is 13.2. The van der Waals surface area contributed by atoms with Crippen LogP contribution < -0.4 is 0 Å². The van der Waals surface area contributed by atoms with Crippen molar-refractivity contribution in [3.8, 4) is 184 Å². The van der Waals surface area contributed by atoms with Crippen LogP contribution in [0.2, 0.25) is 0 Å². The van der Waals surface area contributed by atoms with Crippen molar-refractivity contribution < 1.29 is 4.42 Å². The molecule has 0 radical (unpaired) electrons. The average Bonchev–Trinajstić information content (AvgIpc) is 1.42. The van der Waals surface area contributed by atoms with Gasteiger partial charge < -0.3 is 18.1 Å². The Hall–Kier alpha value is -19.1. The monoisotopic (exact) mass is 1940 g/mol. The Balaban J connectivity index is 0.000000101. The van der Waals surface area contributed by atoms with Crippen molar-refractivity contribution in [2.45, 2.75) is 0 Å². The van der Waals surface area contributed by atoms with E-state index in [-0.39, 0.29) is 0 Å². The molecule has 0 spiro atoms. The van der Waals surface area contributed by atoms with Crippen molar-refractivity contribution in [3.05, 3.63) is 528 Å². The maximum atomic E-state index is 6.76. The molecule has 0 atom stereocenters. The van der Waals surface area contributed by atoms with E-state index < -0.39 is 0 Å². The van der Waals surface area contributed by atoms with Gasteiger partial charge in [0.2, 0.25) is 0 Å². The van der Waals surface area contributed by atoms with Gasteiger partial charge in [-0.05, 0) is 259 Å². The molecule has 0 aliphatic heterocycles. The Kier molecular flexibility index (Phi) is 19.5. The third-order valence-corrected chi connectivity index (χ3v) is 34.1. The zero-order valence-electron chi connectivity index (χ0n) is 81.3. The fourth-order valence-electron chi connectivity index (χ4n) is 25.4. The molecular formula is C144H87N3OS2. The zero-order chi connectivity index (χ0) is 98.3. The lowest BCUT2D eigenvalue weighted by atomic mass is 9.78. The van der Waals surface area contributed by atoms with Crippen LogP contribution in [0.5, 0.6) is 0 Å². The van der Waals surface area contributed by atoms with Gasteiger partial charge in [-0.2, -0.15) is 0 Å². The van der Waals surface area contributed by atoms with Crippen LogP contribution in [0.1, 0.15) is 0 Å². The van der Waals surface area contributed by atoms with Gasteiger partial charge in [0.15, 0.2) is 0 Å². The Morgan fingerprint density at radius 1 is 0.140 bits per heavy atom. The summed E-state index contributed by atoms with van der Waals surface area (Å²) in [7, 11) is 0. The van der Waals surface area contributed by atoms with Gasteiger partial charge >= 0.3 is 0 Å². The second-order valence-corrected chi connectivity index (χ2v) is 41.8. The Morgan fingerprint density at radius 3 is 0.740 bits per heavy atom. The molecule has 0 bridgehead atoms. The molecule has 3 aliphatic carbocycles. The Labute approximate surface area is 873 Å². The first kappa shape index (κ1) is 85.3. The van der Waals surface area contributed by atoms with Crippen molar-refractivity contribution >= 4 is 150 Å². The molecule has 0 saturated heterocycles. The van der Waals surface area contributed by atoms with Gasteiger partial charge in [0.1, 0.15) is 11.2 Å². The molecule has 0 fully saturated rings. The zero-order valence-corrected chi connectivity index (χ0v) is 82.9. The normalized spacial score (nSPS) is 12.0. The quantitative estimate of drug-likeness (QED) is 0.163. The van der Waals surface area contributed by atoms with Crippen LogP contribution in [0.25, 0.3) is 312 Å². The molecule has 3 aliphatic rings.